The minimum absolute atomic E-state index is 0.00974. The molecule has 1 fully saturated rings. The van der Waals surface area contributed by atoms with Gasteiger partial charge in [-0.1, -0.05) is 0 Å². The van der Waals surface area contributed by atoms with Gasteiger partial charge in [-0.3, -0.25) is 14.9 Å². The van der Waals surface area contributed by atoms with Crippen LogP contribution in [0.5, 0.6) is 0 Å². The third kappa shape index (κ3) is 4.01. The first-order chi connectivity index (χ1) is 11.1. The Bertz CT molecular complexity index is 809. The summed E-state index contributed by atoms with van der Waals surface area (Å²) in [6.45, 7) is -0.0179. The van der Waals surface area contributed by atoms with Crippen molar-refractivity contribution in [2.24, 2.45) is 5.92 Å². The summed E-state index contributed by atoms with van der Waals surface area (Å²) in [5, 5.41) is 10.9. The molecular formula is C13H13ClN2O7S. The van der Waals surface area contributed by atoms with Gasteiger partial charge in [0, 0.05) is 41.7 Å². The van der Waals surface area contributed by atoms with E-state index in [9.17, 15) is 28.1 Å². The number of hydrogen-bond acceptors (Lipinski definition) is 7. The van der Waals surface area contributed by atoms with Crippen molar-refractivity contribution in [3.8, 4) is 0 Å². The number of carbonyl (C=O) groups excluding carboxylic acids is 2. The molecule has 1 aliphatic rings. The molecule has 1 aromatic rings. The quantitative estimate of drug-likeness (QED) is 0.328. The Labute approximate surface area is 141 Å². The fourth-order valence-corrected chi connectivity index (χ4v) is 3.87. The second kappa shape index (κ2) is 6.73. The fourth-order valence-electron chi connectivity index (χ4n) is 2.55. The summed E-state index contributed by atoms with van der Waals surface area (Å²) < 4.78 is 27.0. The number of anilines is 1. The second-order valence-corrected chi connectivity index (χ2v) is 8.05. The zero-order valence-electron chi connectivity index (χ0n) is 12.5. The largest absolute Gasteiger partial charge is 0.465 e. The molecule has 1 amide bonds. The van der Waals surface area contributed by atoms with Crippen molar-refractivity contribution in [1.82, 2.24) is 0 Å². The molecule has 1 heterocycles. The second-order valence-electron chi connectivity index (χ2n) is 5.23. The third-order valence-corrected chi connectivity index (χ3v) is 4.78. The van der Waals surface area contributed by atoms with E-state index in [1.807, 2.05) is 0 Å². The van der Waals surface area contributed by atoms with Gasteiger partial charge in [0.15, 0.2) is 0 Å². The summed E-state index contributed by atoms with van der Waals surface area (Å²) in [7, 11) is 2.55. The highest BCUT2D eigenvalue weighted by Crippen LogP contribution is 2.32. The molecule has 130 valence electrons. The van der Waals surface area contributed by atoms with E-state index in [2.05, 4.69) is 4.74 Å². The van der Waals surface area contributed by atoms with Crippen molar-refractivity contribution >= 4 is 43.0 Å². The number of benzene rings is 1. The highest BCUT2D eigenvalue weighted by Gasteiger charge is 2.35. The average Bonchev–Trinajstić information content (AvgIpc) is 2.83. The van der Waals surface area contributed by atoms with E-state index in [4.69, 9.17) is 10.7 Å². The molecule has 1 aromatic carbocycles. The smallest absolute Gasteiger partial charge is 0.339 e. The molecule has 9 nitrogen and oxygen atoms in total. The molecule has 1 aliphatic heterocycles. The van der Waals surface area contributed by atoms with Gasteiger partial charge in [0.25, 0.3) is 5.69 Å². The average molecular weight is 377 g/mol. The van der Waals surface area contributed by atoms with E-state index in [0.29, 0.717) is 0 Å². The van der Waals surface area contributed by atoms with Crippen LogP contribution in [0.3, 0.4) is 0 Å². The van der Waals surface area contributed by atoms with Gasteiger partial charge in [0.2, 0.25) is 15.0 Å². The predicted molar refractivity (Wildman–Crippen MR) is 84.5 cm³/mol. The summed E-state index contributed by atoms with van der Waals surface area (Å²) in [5.41, 5.74) is -0.319. The maximum atomic E-state index is 12.2. The minimum atomic E-state index is -3.80. The van der Waals surface area contributed by atoms with Crippen LogP contribution in [0.1, 0.15) is 16.8 Å². The monoisotopic (exact) mass is 376 g/mol. The molecule has 1 unspecified atom stereocenters. The maximum absolute atomic E-state index is 12.2. The van der Waals surface area contributed by atoms with Gasteiger partial charge < -0.3 is 9.64 Å². The Morgan fingerprint density at radius 1 is 1.50 bits per heavy atom. The molecule has 11 heteroatoms. The van der Waals surface area contributed by atoms with Crippen molar-refractivity contribution in [3.05, 3.63) is 33.9 Å². The van der Waals surface area contributed by atoms with Crippen LogP contribution in [-0.2, 0) is 18.6 Å². The van der Waals surface area contributed by atoms with Crippen LogP contribution in [0.4, 0.5) is 11.4 Å². The fraction of sp³-hybridized carbons (Fsp3) is 0.385. The first kappa shape index (κ1) is 18.1. The number of nitro groups is 1. The van der Waals surface area contributed by atoms with Crippen LogP contribution < -0.4 is 4.90 Å². The van der Waals surface area contributed by atoms with Crippen molar-refractivity contribution < 1.29 is 27.7 Å². The van der Waals surface area contributed by atoms with Gasteiger partial charge >= 0.3 is 5.97 Å². The van der Waals surface area contributed by atoms with Gasteiger partial charge in [-0.25, -0.2) is 13.2 Å². The van der Waals surface area contributed by atoms with E-state index in [1.165, 1.54) is 6.07 Å². The molecule has 24 heavy (non-hydrogen) atoms. The zero-order chi connectivity index (χ0) is 18.1. The number of non-ortho nitro benzene ring substituents is 1. The van der Waals surface area contributed by atoms with Gasteiger partial charge in [0.05, 0.1) is 29.0 Å². The highest BCUT2D eigenvalue weighted by molar-refractivity contribution is 8.13. The maximum Gasteiger partial charge on any atom is 0.339 e. The van der Waals surface area contributed by atoms with Crippen molar-refractivity contribution in [3.63, 3.8) is 0 Å². The van der Waals surface area contributed by atoms with E-state index >= 15 is 0 Å². The molecule has 0 radical (unpaired) electrons. The number of nitrogens with zero attached hydrogens (tertiary/aromatic N) is 2. The molecule has 0 aromatic heterocycles. The predicted octanol–water partition coefficient (Wildman–Crippen LogP) is 1.30. The van der Waals surface area contributed by atoms with Crippen LogP contribution in [0.2, 0.25) is 0 Å². The van der Waals surface area contributed by atoms with Crippen LogP contribution in [0.15, 0.2) is 18.2 Å². The summed E-state index contributed by atoms with van der Waals surface area (Å²) in [6, 6.07) is 3.40. The van der Waals surface area contributed by atoms with Crippen molar-refractivity contribution in [2.75, 3.05) is 24.3 Å². The van der Waals surface area contributed by atoms with Crippen LogP contribution >= 0.6 is 10.7 Å². The number of methoxy groups -OCH3 is 1. The van der Waals surface area contributed by atoms with E-state index in [-0.39, 0.29) is 29.9 Å². The molecule has 0 N–H and O–H groups in total. The summed E-state index contributed by atoms with van der Waals surface area (Å²) in [5.74, 6) is -2.18. The summed E-state index contributed by atoms with van der Waals surface area (Å²) in [6.07, 6.45) is -0.0880. The lowest BCUT2D eigenvalue weighted by atomic mass is 10.1. The number of rotatable bonds is 5. The highest BCUT2D eigenvalue weighted by atomic mass is 35.7. The number of esters is 1. The topological polar surface area (TPSA) is 124 Å². The third-order valence-electron chi connectivity index (χ3n) is 3.53. The van der Waals surface area contributed by atoms with E-state index in [0.717, 1.165) is 24.1 Å². The Hall–Kier alpha value is -2.20. The molecule has 0 aliphatic carbocycles. The lowest BCUT2D eigenvalue weighted by molar-refractivity contribution is -0.384. The normalized spacial score (nSPS) is 17.8. The Morgan fingerprint density at radius 3 is 2.71 bits per heavy atom. The summed E-state index contributed by atoms with van der Waals surface area (Å²) in [4.78, 5) is 35.4. The lowest BCUT2D eigenvalue weighted by Crippen LogP contribution is -2.27. The van der Waals surface area contributed by atoms with Crippen LogP contribution in [0.25, 0.3) is 0 Å². The van der Waals surface area contributed by atoms with E-state index < -0.39 is 37.5 Å². The minimum Gasteiger partial charge on any atom is -0.465 e. The first-order valence-electron chi connectivity index (χ1n) is 6.72. The van der Waals surface area contributed by atoms with Gasteiger partial charge in [-0.05, 0) is 6.07 Å². The van der Waals surface area contributed by atoms with E-state index in [1.54, 1.807) is 0 Å². The number of hydrogen-bond donors (Lipinski definition) is 0. The number of nitro benzene ring substituents is 1. The Morgan fingerprint density at radius 2 is 2.17 bits per heavy atom. The Kier molecular flexibility index (Phi) is 5.09. The standard InChI is InChI=1S/C13H13ClN2O7S/c1-23-13(18)10-3-2-9(16(19)20)5-11(10)15-6-8(4-12(15)17)7-24(14,21)22/h2-3,5,8H,4,6-7H2,1H3. The van der Waals surface area contributed by atoms with Crippen molar-refractivity contribution in [2.45, 2.75) is 6.42 Å². The molecular weight excluding hydrogens is 364 g/mol. The van der Waals surface area contributed by atoms with Gasteiger partial charge in [-0.2, -0.15) is 0 Å². The molecule has 2 rings (SSSR count). The van der Waals surface area contributed by atoms with Gasteiger partial charge in [-0.15, -0.1) is 0 Å². The molecule has 1 atom stereocenters. The summed E-state index contributed by atoms with van der Waals surface area (Å²) >= 11 is 0. The first-order valence-corrected chi connectivity index (χ1v) is 9.19. The molecule has 0 saturated carbocycles. The Balaban J connectivity index is 2.42. The van der Waals surface area contributed by atoms with Crippen LogP contribution in [0, 0.1) is 16.0 Å². The number of halogens is 1. The van der Waals surface area contributed by atoms with Crippen LogP contribution in [-0.4, -0.2) is 44.6 Å². The zero-order valence-corrected chi connectivity index (χ0v) is 14.0. The molecule has 1 saturated heterocycles. The number of amides is 1. The molecule has 0 bridgehead atoms. The molecule has 0 spiro atoms. The number of ether oxygens (including phenoxy) is 1. The van der Waals surface area contributed by atoms with Gasteiger partial charge in [0.1, 0.15) is 0 Å². The lowest BCUT2D eigenvalue weighted by Gasteiger charge is -2.19. The van der Waals surface area contributed by atoms with Crippen molar-refractivity contribution in [1.29, 1.82) is 0 Å². The number of carbonyl (C=O) groups is 2. The SMILES string of the molecule is COC(=O)c1ccc([N+](=O)[O-])cc1N1CC(CS(=O)(=O)Cl)CC1=O.